The Morgan fingerprint density at radius 1 is 1.40 bits per heavy atom. The van der Waals surface area contributed by atoms with E-state index in [0.29, 0.717) is 11.7 Å². The predicted octanol–water partition coefficient (Wildman–Crippen LogP) is 1.73. The Bertz CT molecular complexity index is 418. The number of nitrogens with zero attached hydrogens (tertiary/aromatic N) is 3. The van der Waals surface area contributed by atoms with Gasteiger partial charge in [-0.2, -0.15) is 0 Å². The lowest BCUT2D eigenvalue weighted by Gasteiger charge is -2.01. The fourth-order valence-electron chi connectivity index (χ4n) is 1.21. The monoisotopic (exact) mass is 224 g/mol. The summed E-state index contributed by atoms with van der Waals surface area (Å²) in [6.07, 6.45) is 0.747. The molecule has 0 radical (unpaired) electrons. The molecular weight excluding hydrogens is 215 g/mol. The van der Waals surface area contributed by atoms with E-state index in [1.807, 2.05) is 6.07 Å². The molecule has 2 rings (SSSR count). The lowest BCUT2D eigenvalue weighted by Crippen LogP contribution is -2.04. The van der Waals surface area contributed by atoms with Crippen molar-refractivity contribution in [2.45, 2.75) is 6.42 Å². The van der Waals surface area contributed by atoms with E-state index in [1.165, 1.54) is 23.7 Å². The zero-order valence-electron chi connectivity index (χ0n) is 7.85. The van der Waals surface area contributed by atoms with Crippen LogP contribution in [0.2, 0.25) is 0 Å². The minimum Gasteiger partial charge on any atom is -0.359 e. The molecule has 0 aliphatic rings. The van der Waals surface area contributed by atoms with E-state index < -0.39 is 0 Å². The van der Waals surface area contributed by atoms with Gasteiger partial charge in [-0.3, -0.25) is 0 Å². The van der Waals surface area contributed by atoms with Crippen molar-refractivity contribution in [2.75, 3.05) is 11.9 Å². The van der Waals surface area contributed by atoms with E-state index in [2.05, 4.69) is 20.1 Å². The standard InChI is InChI=1S/C9H9FN4S/c10-8-3-1-2-7(6-8)4-5-11-9-12-13-14-15-9/h1-3,6H,4-5H2,(H,11,12,14). The van der Waals surface area contributed by atoms with Crippen LogP contribution >= 0.6 is 11.5 Å². The highest BCUT2D eigenvalue weighted by Gasteiger charge is 1.98. The number of nitrogens with one attached hydrogen (secondary N) is 1. The van der Waals surface area contributed by atoms with Gasteiger partial charge in [0.05, 0.1) is 0 Å². The maximum absolute atomic E-state index is 12.8. The van der Waals surface area contributed by atoms with E-state index in [-0.39, 0.29) is 5.82 Å². The van der Waals surface area contributed by atoms with Crippen molar-refractivity contribution in [3.63, 3.8) is 0 Å². The first-order valence-electron chi connectivity index (χ1n) is 4.48. The van der Waals surface area contributed by atoms with Crippen LogP contribution in [0.5, 0.6) is 0 Å². The highest BCUT2D eigenvalue weighted by Crippen LogP contribution is 2.07. The van der Waals surface area contributed by atoms with Gasteiger partial charge in [-0.1, -0.05) is 21.7 Å². The van der Waals surface area contributed by atoms with Crippen LogP contribution in [-0.4, -0.2) is 21.3 Å². The SMILES string of the molecule is Fc1cccc(CCNc2nnns2)c1. The zero-order valence-corrected chi connectivity index (χ0v) is 8.67. The third kappa shape index (κ3) is 2.95. The van der Waals surface area contributed by atoms with Gasteiger partial charge in [0.25, 0.3) is 0 Å². The van der Waals surface area contributed by atoms with Gasteiger partial charge in [-0.05, 0) is 29.3 Å². The molecule has 0 bridgehead atoms. The summed E-state index contributed by atoms with van der Waals surface area (Å²) in [6.45, 7) is 0.695. The lowest BCUT2D eigenvalue weighted by molar-refractivity contribution is 0.625. The van der Waals surface area contributed by atoms with Crippen LogP contribution in [0.3, 0.4) is 0 Å². The molecule has 6 heteroatoms. The molecule has 4 nitrogen and oxygen atoms in total. The molecule has 1 aromatic heterocycles. The fraction of sp³-hybridized carbons (Fsp3) is 0.222. The summed E-state index contributed by atoms with van der Waals surface area (Å²) < 4.78 is 16.4. The van der Waals surface area contributed by atoms with Gasteiger partial charge in [0, 0.05) is 18.1 Å². The second kappa shape index (κ2) is 4.79. The summed E-state index contributed by atoms with van der Waals surface area (Å²) >= 11 is 1.20. The van der Waals surface area contributed by atoms with Crippen molar-refractivity contribution in [2.24, 2.45) is 0 Å². The normalized spacial score (nSPS) is 10.2. The molecule has 0 amide bonds. The Morgan fingerprint density at radius 3 is 3.07 bits per heavy atom. The molecule has 2 aromatic rings. The van der Waals surface area contributed by atoms with Crippen molar-refractivity contribution < 1.29 is 4.39 Å². The summed E-state index contributed by atoms with van der Waals surface area (Å²) in [5.74, 6) is -0.204. The van der Waals surface area contributed by atoms with Crippen LogP contribution in [0, 0.1) is 5.82 Å². The van der Waals surface area contributed by atoms with Crippen molar-refractivity contribution in [1.82, 2.24) is 14.8 Å². The topological polar surface area (TPSA) is 50.7 Å². The molecule has 0 aliphatic carbocycles. The van der Waals surface area contributed by atoms with E-state index in [0.717, 1.165) is 12.0 Å². The first-order valence-corrected chi connectivity index (χ1v) is 5.25. The summed E-state index contributed by atoms with van der Waals surface area (Å²) in [5.41, 5.74) is 0.958. The molecule has 0 saturated heterocycles. The number of anilines is 1. The van der Waals surface area contributed by atoms with Crippen molar-refractivity contribution in [3.05, 3.63) is 35.6 Å². The highest BCUT2D eigenvalue weighted by atomic mass is 32.1. The van der Waals surface area contributed by atoms with Crippen molar-refractivity contribution in [1.29, 1.82) is 0 Å². The first kappa shape index (κ1) is 9.97. The fourth-order valence-corrected chi connectivity index (χ4v) is 1.60. The molecule has 0 fully saturated rings. The molecule has 78 valence electrons. The minimum atomic E-state index is -0.204. The maximum Gasteiger partial charge on any atom is 0.225 e. The Morgan fingerprint density at radius 2 is 2.33 bits per heavy atom. The number of hydrogen-bond acceptors (Lipinski definition) is 5. The number of halogens is 1. The second-order valence-corrected chi connectivity index (χ2v) is 3.71. The number of aromatic nitrogens is 3. The molecule has 0 aliphatic heterocycles. The number of hydrogen-bond donors (Lipinski definition) is 1. The van der Waals surface area contributed by atoms with Crippen LogP contribution < -0.4 is 5.32 Å². The van der Waals surface area contributed by atoms with Gasteiger partial charge in [0.1, 0.15) is 5.82 Å². The van der Waals surface area contributed by atoms with Gasteiger partial charge < -0.3 is 5.32 Å². The van der Waals surface area contributed by atoms with Gasteiger partial charge in [-0.15, -0.1) is 0 Å². The largest absolute Gasteiger partial charge is 0.359 e. The van der Waals surface area contributed by atoms with Gasteiger partial charge in [0.15, 0.2) is 0 Å². The van der Waals surface area contributed by atoms with Gasteiger partial charge in [0.2, 0.25) is 5.13 Å². The van der Waals surface area contributed by atoms with Crippen LogP contribution in [0.15, 0.2) is 24.3 Å². The van der Waals surface area contributed by atoms with E-state index >= 15 is 0 Å². The smallest absolute Gasteiger partial charge is 0.225 e. The number of rotatable bonds is 4. The van der Waals surface area contributed by atoms with E-state index in [9.17, 15) is 4.39 Å². The zero-order chi connectivity index (χ0) is 10.5. The third-order valence-corrected chi connectivity index (χ3v) is 2.43. The van der Waals surface area contributed by atoms with E-state index in [1.54, 1.807) is 6.07 Å². The summed E-state index contributed by atoms with van der Waals surface area (Å²) in [6, 6.07) is 6.56. The van der Waals surface area contributed by atoms with Gasteiger partial charge in [-0.25, -0.2) is 4.39 Å². The number of benzene rings is 1. The summed E-state index contributed by atoms with van der Waals surface area (Å²) in [7, 11) is 0. The Kier molecular flexibility index (Phi) is 3.18. The quantitative estimate of drug-likeness (QED) is 0.859. The highest BCUT2D eigenvalue weighted by molar-refractivity contribution is 7.09. The molecule has 15 heavy (non-hydrogen) atoms. The molecule has 0 spiro atoms. The third-order valence-electron chi connectivity index (χ3n) is 1.88. The van der Waals surface area contributed by atoms with Crippen molar-refractivity contribution in [3.8, 4) is 0 Å². The molecule has 0 unspecified atom stereocenters. The van der Waals surface area contributed by atoms with Gasteiger partial charge >= 0.3 is 0 Å². The maximum atomic E-state index is 12.8. The van der Waals surface area contributed by atoms with Crippen molar-refractivity contribution >= 4 is 16.7 Å². The Balaban J connectivity index is 1.83. The summed E-state index contributed by atoms with van der Waals surface area (Å²) in [5, 5.41) is 10.9. The predicted molar refractivity (Wildman–Crippen MR) is 56.3 cm³/mol. The van der Waals surface area contributed by atoms with E-state index in [4.69, 9.17) is 0 Å². The van der Waals surface area contributed by atoms with Crippen LogP contribution in [0.25, 0.3) is 0 Å². The molecule has 0 saturated carbocycles. The molecule has 1 aromatic carbocycles. The van der Waals surface area contributed by atoms with Crippen LogP contribution in [0.4, 0.5) is 9.52 Å². The summed E-state index contributed by atoms with van der Waals surface area (Å²) in [4.78, 5) is 0. The Hall–Kier alpha value is -1.56. The lowest BCUT2D eigenvalue weighted by atomic mass is 10.1. The molecular formula is C9H9FN4S. The van der Waals surface area contributed by atoms with Crippen LogP contribution in [-0.2, 0) is 6.42 Å². The van der Waals surface area contributed by atoms with Crippen LogP contribution in [0.1, 0.15) is 5.56 Å². The Labute approximate surface area is 90.3 Å². The molecule has 1 N–H and O–H groups in total. The molecule has 0 atom stereocenters. The molecule has 1 heterocycles. The minimum absolute atomic E-state index is 0.204. The average molecular weight is 224 g/mol. The average Bonchev–Trinajstić information content (AvgIpc) is 2.71. The first-order chi connectivity index (χ1) is 7.34. The second-order valence-electron chi connectivity index (χ2n) is 2.97.